The first-order valence-electron chi connectivity index (χ1n) is 7.63. The van der Waals surface area contributed by atoms with Crippen LogP contribution >= 0.6 is 0 Å². The summed E-state index contributed by atoms with van der Waals surface area (Å²) in [6.07, 6.45) is 3.91. The Morgan fingerprint density at radius 3 is 2.79 bits per heavy atom. The van der Waals surface area contributed by atoms with Crippen LogP contribution in [0.2, 0.25) is 0 Å². The molecule has 24 heavy (non-hydrogen) atoms. The number of nitrogens with zero attached hydrogens (tertiary/aromatic N) is 4. The van der Waals surface area contributed by atoms with Crippen LogP contribution in [0.5, 0.6) is 0 Å². The summed E-state index contributed by atoms with van der Waals surface area (Å²) in [6.45, 7) is 2.48. The van der Waals surface area contributed by atoms with Crippen LogP contribution < -0.4 is 10.2 Å². The summed E-state index contributed by atoms with van der Waals surface area (Å²) in [5, 5.41) is 6.74. The minimum absolute atomic E-state index is 0.0937. The van der Waals surface area contributed by atoms with E-state index in [1.54, 1.807) is 17.9 Å². The number of amides is 1. The number of hydrogen-bond acceptors (Lipinski definition) is 6. The van der Waals surface area contributed by atoms with Crippen LogP contribution in [0.25, 0.3) is 0 Å². The van der Waals surface area contributed by atoms with Crippen LogP contribution in [0, 0.1) is 6.92 Å². The quantitative estimate of drug-likeness (QED) is 0.798. The fraction of sp³-hybridized carbons (Fsp3) is 0.176. The van der Waals surface area contributed by atoms with Crippen molar-refractivity contribution in [1.82, 2.24) is 15.1 Å². The topological polar surface area (TPSA) is 84.2 Å². The number of anilines is 3. The van der Waals surface area contributed by atoms with Gasteiger partial charge in [0.05, 0.1) is 5.56 Å². The number of para-hydroxylation sites is 1. The third-order valence-corrected chi connectivity index (χ3v) is 3.90. The highest BCUT2D eigenvalue weighted by atomic mass is 16.5. The Bertz CT molecular complexity index is 888. The molecular weight excluding hydrogens is 306 g/mol. The predicted octanol–water partition coefficient (Wildman–Crippen LogP) is 2.72. The van der Waals surface area contributed by atoms with Crippen molar-refractivity contribution >= 4 is 23.4 Å². The number of benzene rings is 1. The standard InChI is InChI=1S/C17H15N5O2/c1-11-8-15(21-24-11)20-17-18-9-13(10-19-17)16(23)22-7-6-12-4-2-3-5-14(12)22/h2-5,8-10H,6-7H2,1H3,(H,18,19,20,21). The zero-order chi connectivity index (χ0) is 16.5. The number of rotatable bonds is 3. The molecular formula is C17H15N5O2. The Morgan fingerprint density at radius 2 is 2.04 bits per heavy atom. The van der Waals surface area contributed by atoms with E-state index in [0.29, 0.717) is 29.6 Å². The van der Waals surface area contributed by atoms with Crippen LogP contribution in [0.3, 0.4) is 0 Å². The normalized spacial score (nSPS) is 13.0. The maximum absolute atomic E-state index is 12.7. The number of hydrogen-bond donors (Lipinski definition) is 1. The van der Waals surface area contributed by atoms with E-state index in [-0.39, 0.29) is 5.91 Å². The van der Waals surface area contributed by atoms with E-state index in [2.05, 4.69) is 20.4 Å². The van der Waals surface area contributed by atoms with Gasteiger partial charge in [-0.2, -0.15) is 0 Å². The minimum Gasteiger partial charge on any atom is -0.360 e. The molecule has 0 saturated carbocycles. The van der Waals surface area contributed by atoms with E-state index in [4.69, 9.17) is 4.52 Å². The Labute approximate surface area is 138 Å². The molecule has 7 nitrogen and oxygen atoms in total. The zero-order valence-electron chi connectivity index (χ0n) is 13.1. The average molecular weight is 321 g/mol. The molecule has 0 radical (unpaired) electrons. The molecule has 3 aromatic rings. The summed E-state index contributed by atoms with van der Waals surface area (Å²) in [6, 6.07) is 9.68. The van der Waals surface area contributed by atoms with Crippen molar-refractivity contribution in [3.05, 3.63) is 59.6 Å². The highest BCUT2D eigenvalue weighted by Crippen LogP contribution is 2.28. The van der Waals surface area contributed by atoms with E-state index >= 15 is 0 Å². The molecule has 0 aliphatic carbocycles. The molecule has 1 aliphatic rings. The number of nitrogens with one attached hydrogen (secondary N) is 1. The fourth-order valence-electron chi connectivity index (χ4n) is 2.75. The summed E-state index contributed by atoms with van der Waals surface area (Å²) in [5.41, 5.74) is 2.60. The van der Waals surface area contributed by atoms with Crippen molar-refractivity contribution in [2.75, 3.05) is 16.8 Å². The second-order valence-corrected chi connectivity index (χ2v) is 5.58. The van der Waals surface area contributed by atoms with E-state index in [1.165, 1.54) is 18.0 Å². The molecule has 2 aromatic heterocycles. The number of aromatic nitrogens is 3. The second kappa shape index (κ2) is 5.77. The van der Waals surface area contributed by atoms with Gasteiger partial charge in [0.25, 0.3) is 5.91 Å². The lowest BCUT2D eigenvalue weighted by Gasteiger charge is -2.17. The van der Waals surface area contributed by atoms with Crippen molar-refractivity contribution < 1.29 is 9.32 Å². The zero-order valence-corrected chi connectivity index (χ0v) is 13.1. The largest absolute Gasteiger partial charge is 0.360 e. The molecule has 120 valence electrons. The van der Waals surface area contributed by atoms with E-state index in [1.807, 2.05) is 24.3 Å². The van der Waals surface area contributed by atoms with Gasteiger partial charge in [0.1, 0.15) is 5.76 Å². The molecule has 1 amide bonds. The van der Waals surface area contributed by atoms with Gasteiger partial charge in [-0.25, -0.2) is 9.97 Å². The van der Waals surface area contributed by atoms with Crippen molar-refractivity contribution in [3.63, 3.8) is 0 Å². The maximum Gasteiger partial charge on any atom is 0.261 e. The lowest BCUT2D eigenvalue weighted by Crippen LogP contribution is -2.29. The molecule has 0 atom stereocenters. The number of aryl methyl sites for hydroxylation is 1. The molecule has 1 aromatic carbocycles. The number of fused-ring (bicyclic) bond motifs is 1. The highest BCUT2D eigenvalue weighted by molar-refractivity contribution is 6.06. The first-order valence-corrected chi connectivity index (χ1v) is 7.63. The lowest BCUT2D eigenvalue weighted by molar-refractivity contribution is 0.0988. The SMILES string of the molecule is Cc1cc(Nc2ncc(C(=O)N3CCc4ccccc43)cn2)no1. The van der Waals surface area contributed by atoms with Gasteiger partial charge in [-0.05, 0) is 25.0 Å². The van der Waals surface area contributed by atoms with Crippen LogP contribution in [-0.2, 0) is 6.42 Å². The summed E-state index contributed by atoms with van der Waals surface area (Å²) in [5.74, 6) is 1.49. The third kappa shape index (κ3) is 2.60. The first-order chi connectivity index (χ1) is 11.7. The average Bonchev–Trinajstić information content (AvgIpc) is 3.21. The molecule has 0 fully saturated rings. The molecule has 1 aliphatic heterocycles. The van der Waals surface area contributed by atoms with Crippen LogP contribution in [-0.4, -0.2) is 27.6 Å². The number of carbonyl (C=O) groups excluding carboxylic acids is 1. The lowest BCUT2D eigenvalue weighted by atomic mass is 10.2. The van der Waals surface area contributed by atoms with Gasteiger partial charge in [-0.15, -0.1) is 0 Å². The van der Waals surface area contributed by atoms with Gasteiger partial charge in [0.15, 0.2) is 5.82 Å². The molecule has 0 spiro atoms. The van der Waals surface area contributed by atoms with E-state index in [9.17, 15) is 4.79 Å². The third-order valence-electron chi connectivity index (χ3n) is 3.90. The predicted molar refractivity (Wildman–Crippen MR) is 88.4 cm³/mol. The molecule has 0 bridgehead atoms. The van der Waals surface area contributed by atoms with Gasteiger partial charge < -0.3 is 14.7 Å². The monoisotopic (exact) mass is 321 g/mol. The first kappa shape index (κ1) is 14.4. The Hall–Kier alpha value is -3.22. The van der Waals surface area contributed by atoms with Crippen molar-refractivity contribution in [2.24, 2.45) is 0 Å². The summed E-state index contributed by atoms with van der Waals surface area (Å²) < 4.78 is 4.97. The number of carbonyl (C=O) groups is 1. The van der Waals surface area contributed by atoms with E-state index in [0.717, 1.165) is 12.1 Å². The van der Waals surface area contributed by atoms with Gasteiger partial charge in [0, 0.05) is 30.7 Å². The summed E-state index contributed by atoms with van der Waals surface area (Å²) in [7, 11) is 0. The highest BCUT2D eigenvalue weighted by Gasteiger charge is 2.25. The molecule has 0 saturated heterocycles. The van der Waals surface area contributed by atoms with Crippen LogP contribution in [0.4, 0.5) is 17.5 Å². The smallest absolute Gasteiger partial charge is 0.261 e. The Kier molecular flexibility index (Phi) is 3.45. The molecule has 1 N–H and O–H groups in total. The molecule has 3 heterocycles. The summed E-state index contributed by atoms with van der Waals surface area (Å²) >= 11 is 0. The van der Waals surface area contributed by atoms with Gasteiger partial charge >= 0.3 is 0 Å². The van der Waals surface area contributed by atoms with Gasteiger partial charge in [-0.3, -0.25) is 4.79 Å². The minimum atomic E-state index is -0.0937. The van der Waals surface area contributed by atoms with Gasteiger partial charge in [0.2, 0.25) is 5.95 Å². The van der Waals surface area contributed by atoms with Crippen LogP contribution in [0.1, 0.15) is 21.7 Å². The second-order valence-electron chi connectivity index (χ2n) is 5.58. The van der Waals surface area contributed by atoms with Crippen molar-refractivity contribution in [2.45, 2.75) is 13.3 Å². The van der Waals surface area contributed by atoms with Crippen molar-refractivity contribution in [3.8, 4) is 0 Å². The Morgan fingerprint density at radius 1 is 1.25 bits per heavy atom. The Balaban J connectivity index is 1.52. The van der Waals surface area contributed by atoms with E-state index < -0.39 is 0 Å². The summed E-state index contributed by atoms with van der Waals surface area (Å²) in [4.78, 5) is 22.8. The molecule has 4 rings (SSSR count). The van der Waals surface area contributed by atoms with Crippen molar-refractivity contribution in [1.29, 1.82) is 0 Å². The van der Waals surface area contributed by atoms with Gasteiger partial charge in [-0.1, -0.05) is 23.4 Å². The maximum atomic E-state index is 12.7. The molecule has 7 heteroatoms. The molecule has 0 unspecified atom stereocenters. The van der Waals surface area contributed by atoms with Crippen LogP contribution in [0.15, 0.2) is 47.2 Å². The fourth-order valence-corrected chi connectivity index (χ4v) is 2.75.